The summed E-state index contributed by atoms with van der Waals surface area (Å²) >= 11 is 1.67. The second kappa shape index (κ2) is 17.2. The second-order valence-electron chi connectivity index (χ2n) is 8.51. The van der Waals surface area contributed by atoms with Crippen LogP contribution in [0.1, 0.15) is 83.0 Å². The van der Waals surface area contributed by atoms with Crippen LogP contribution < -0.4 is 10.8 Å². The molecule has 0 spiro atoms. The first kappa shape index (κ1) is 28.7. The van der Waals surface area contributed by atoms with Gasteiger partial charge in [-0.3, -0.25) is 14.8 Å². The van der Waals surface area contributed by atoms with Gasteiger partial charge in [0.1, 0.15) is 0 Å². The van der Waals surface area contributed by atoms with E-state index in [0.717, 1.165) is 36.3 Å². The van der Waals surface area contributed by atoms with Crippen LogP contribution in [0.2, 0.25) is 0 Å². The minimum absolute atomic E-state index is 0.0980. The van der Waals surface area contributed by atoms with Crippen LogP contribution in [0.4, 0.5) is 0 Å². The van der Waals surface area contributed by atoms with E-state index in [0.29, 0.717) is 24.9 Å². The number of benzene rings is 1. The third-order valence-electron chi connectivity index (χ3n) is 5.17. The lowest BCUT2D eigenvalue weighted by atomic mass is 10.1. The number of nitrogens with one attached hydrogen (secondary N) is 2. The summed E-state index contributed by atoms with van der Waals surface area (Å²) in [4.78, 5) is 24.5. The van der Waals surface area contributed by atoms with Gasteiger partial charge in [0.15, 0.2) is 0 Å². The smallest absolute Gasteiger partial charge is 0.252 e. The van der Waals surface area contributed by atoms with Crippen molar-refractivity contribution in [2.24, 2.45) is 0 Å². The Morgan fingerprint density at radius 3 is 2.27 bits per heavy atom. The van der Waals surface area contributed by atoms with Gasteiger partial charge in [-0.2, -0.15) is 0 Å². The predicted octanol–water partition coefficient (Wildman–Crippen LogP) is 6.60. The van der Waals surface area contributed by atoms with Crippen molar-refractivity contribution in [3.8, 4) is 0 Å². The number of hydrogen-bond donors (Lipinski definition) is 3. The van der Waals surface area contributed by atoms with E-state index in [1.54, 1.807) is 17.2 Å². The third kappa shape index (κ3) is 13.7. The van der Waals surface area contributed by atoms with Gasteiger partial charge in [-0.1, -0.05) is 47.1 Å². The van der Waals surface area contributed by atoms with Crippen molar-refractivity contribution < 1.29 is 14.8 Å². The highest BCUT2D eigenvalue weighted by Crippen LogP contribution is 2.23. The summed E-state index contributed by atoms with van der Waals surface area (Å²) in [6, 6.07) is 7.65. The summed E-state index contributed by atoms with van der Waals surface area (Å²) in [7, 11) is 0. The molecular formula is C27H40N2O3S. The van der Waals surface area contributed by atoms with Crippen LogP contribution in [0.3, 0.4) is 0 Å². The zero-order valence-electron chi connectivity index (χ0n) is 20.6. The maximum Gasteiger partial charge on any atom is 0.252 e. The van der Waals surface area contributed by atoms with Crippen molar-refractivity contribution in [1.82, 2.24) is 10.8 Å². The second-order valence-corrected chi connectivity index (χ2v) is 9.58. The largest absolute Gasteiger partial charge is 0.352 e. The third-order valence-corrected chi connectivity index (χ3v) is 6.17. The Morgan fingerprint density at radius 1 is 0.909 bits per heavy atom. The molecule has 182 valence electrons. The number of hydroxylamine groups is 1. The standard InChI is InChI=1S/C27H40N2O3S/c1-21(2)11-9-12-22(3)13-10-14-23(4)18-20-33-25-16-6-5-15-24(25)27(31)28-19-8-7-17-26(30)29-32/h5-6,11,13,15-16,18,32H,7-10,12,14,17,19-20H2,1-4H3,(H,28,31)(H,29,30)/b22-13+,23-18+. The summed E-state index contributed by atoms with van der Waals surface area (Å²) in [5.41, 5.74) is 6.48. The molecule has 0 aliphatic rings. The Hall–Kier alpha value is -2.31. The molecule has 2 amide bonds. The van der Waals surface area contributed by atoms with Gasteiger partial charge in [0.25, 0.3) is 5.91 Å². The number of carbonyl (C=O) groups is 2. The first-order valence-electron chi connectivity index (χ1n) is 11.7. The van der Waals surface area contributed by atoms with Crippen LogP contribution in [0.5, 0.6) is 0 Å². The first-order valence-corrected chi connectivity index (χ1v) is 12.7. The van der Waals surface area contributed by atoms with Crippen molar-refractivity contribution in [1.29, 1.82) is 0 Å². The highest BCUT2D eigenvalue weighted by Gasteiger charge is 2.10. The summed E-state index contributed by atoms with van der Waals surface area (Å²) in [6.45, 7) is 9.16. The van der Waals surface area contributed by atoms with Crippen LogP contribution >= 0.6 is 11.8 Å². The normalized spacial score (nSPS) is 11.8. The van der Waals surface area contributed by atoms with E-state index in [9.17, 15) is 9.59 Å². The molecule has 0 atom stereocenters. The molecule has 1 aromatic carbocycles. The van der Waals surface area contributed by atoms with E-state index in [1.807, 2.05) is 24.3 Å². The number of thioether (sulfide) groups is 1. The fourth-order valence-electron chi connectivity index (χ4n) is 3.16. The van der Waals surface area contributed by atoms with Gasteiger partial charge >= 0.3 is 0 Å². The minimum Gasteiger partial charge on any atom is -0.352 e. The Labute approximate surface area is 203 Å². The Morgan fingerprint density at radius 2 is 1.58 bits per heavy atom. The van der Waals surface area contributed by atoms with Crippen molar-refractivity contribution in [2.45, 2.75) is 77.5 Å². The Bertz CT molecular complexity index is 840. The molecule has 3 N–H and O–H groups in total. The molecule has 5 nitrogen and oxygen atoms in total. The van der Waals surface area contributed by atoms with E-state index >= 15 is 0 Å². The van der Waals surface area contributed by atoms with Gasteiger partial charge in [0.05, 0.1) is 5.56 Å². The van der Waals surface area contributed by atoms with E-state index in [4.69, 9.17) is 5.21 Å². The molecule has 1 aromatic rings. The van der Waals surface area contributed by atoms with Crippen molar-refractivity contribution >= 4 is 23.6 Å². The summed E-state index contributed by atoms with van der Waals surface area (Å²) in [5, 5.41) is 11.4. The van der Waals surface area contributed by atoms with Gasteiger partial charge in [-0.15, -0.1) is 11.8 Å². The molecule has 0 saturated carbocycles. The maximum absolute atomic E-state index is 12.6. The van der Waals surface area contributed by atoms with Gasteiger partial charge in [0.2, 0.25) is 5.91 Å². The number of unbranched alkanes of at least 4 members (excludes halogenated alkanes) is 1. The Balaban J connectivity index is 2.43. The molecular weight excluding hydrogens is 432 g/mol. The van der Waals surface area contributed by atoms with Gasteiger partial charge in [0, 0.05) is 23.6 Å². The molecule has 0 aromatic heterocycles. The highest BCUT2D eigenvalue weighted by molar-refractivity contribution is 7.99. The quantitative estimate of drug-likeness (QED) is 0.0883. The zero-order chi connectivity index (χ0) is 24.5. The fraction of sp³-hybridized carbons (Fsp3) is 0.481. The van der Waals surface area contributed by atoms with Crippen molar-refractivity contribution in [3.63, 3.8) is 0 Å². The number of carbonyl (C=O) groups excluding carboxylic acids is 2. The SMILES string of the molecule is CC(C)=CCC/C(C)=C/CC/C(C)=C/CSc1ccccc1C(=O)NCCCCC(=O)NO. The fourth-order valence-corrected chi connectivity index (χ4v) is 4.19. The predicted molar refractivity (Wildman–Crippen MR) is 139 cm³/mol. The topological polar surface area (TPSA) is 78.4 Å². The van der Waals surface area contributed by atoms with Crippen LogP contribution in [-0.2, 0) is 4.79 Å². The maximum atomic E-state index is 12.6. The van der Waals surface area contributed by atoms with E-state index in [-0.39, 0.29) is 12.3 Å². The number of allylic oxidation sites excluding steroid dienone is 5. The molecule has 1 rings (SSSR count). The van der Waals surface area contributed by atoms with Gasteiger partial charge in [-0.25, -0.2) is 5.48 Å². The molecule has 6 heteroatoms. The number of amides is 2. The van der Waals surface area contributed by atoms with Crippen LogP contribution in [0.15, 0.2) is 64.1 Å². The monoisotopic (exact) mass is 472 g/mol. The summed E-state index contributed by atoms with van der Waals surface area (Å²) < 4.78 is 0. The minimum atomic E-state index is -0.406. The molecule has 0 radical (unpaired) electrons. The molecule has 0 bridgehead atoms. The molecule has 0 saturated heterocycles. The van der Waals surface area contributed by atoms with Gasteiger partial charge in [-0.05, 0) is 78.4 Å². The van der Waals surface area contributed by atoms with Crippen LogP contribution in [0.25, 0.3) is 0 Å². The van der Waals surface area contributed by atoms with Crippen LogP contribution in [0, 0.1) is 0 Å². The highest BCUT2D eigenvalue weighted by atomic mass is 32.2. The lowest BCUT2D eigenvalue weighted by molar-refractivity contribution is -0.129. The molecule has 0 heterocycles. The number of hydrogen-bond acceptors (Lipinski definition) is 4. The lowest BCUT2D eigenvalue weighted by Gasteiger charge is -2.09. The zero-order valence-corrected chi connectivity index (χ0v) is 21.4. The molecule has 33 heavy (non-hydrogen) atoms. The van der Waals surface area contributed by atoms with E-state index in [2.05, 4.69) is 51.2 Å². The molecule has 0 fully saturated rings. The van der Waals surface area contributed by atoms with E-state index in [1.165, 1.54) is 16.7 Å². The van der Waals surface area contributed by atoms with Crippen molar-refractivity contribution in [3.05, 3.63) is 64.8 Å². The van der Waals surface area contributed by atoms with Crippen LogP contribution in [-0.4, -0.2) is 29.3 Å². The average molecular weight is 473 g/mol. The first-order chi connectivity index (χ1) is 15.8. The molecule has 0 aliphatic carbocycles. The molecule has 0 aliphatic heterocycles. The lowest BCUT2D eigenvalue weighted by Crippen LogP contribution is -2.25. The Kier molecular flexibility index (Phi) is 15.0. The molecule has 0 unspecified atom stereocenters. The van der Waals surface area contributed by atoms with Crippen molar-refractivity contribution in [2.75, 3.05) is 12.3 Å². The van der Waals surface area contributed by atoms with E-state index < -0.39 is 5.91 Å². The van der Waals surface area contributed by atoms with Gasteiger partial charge < -0.3 is 5.32 Å². The number of rotatable bonds is 15. The summed E-state index contributed by atoms with van der Waals surface area (Å²) in [5.74, 6) is 0.326. The summed E-state index contributed by atoms with van der Waals surface area (Å²) in [6.07, 6.45) is 12.8. The average Bonchev–Trinajstić information content (AvgIpc) is 2.78.